The standard InChI is InChI=1S/C14H14N2O4S/c1-9-12(15(2)7-10-3-4-21-8-10)5-11(14(17)18)6-13(9)16(19)20/h3-6,8H,7H2,1-2H3,(H,17,18). The van der Waals surface area contributed by atoms with Crippen LogP contribution in [0.25, 0.3) is 0 Å². The number of carboxylic acid groups (broad SMARTS) is 1. The summed E-state index contributed by atoms with van der Waals surface area (Å²) in [7, 11) is 1.79. The summed E-state index contributed by atoms with van der Waals surface area (Å²) in [4.78, 5) is 23.5. The van der Waals surface area contributed by atoms with E-state index in [4.69, 9.17) is 5.11 Å². The van der Waals surface area contributed by atoms with Gasteiger partial charge in [0.15, 0.2) is 0 Å². The second-order valence-corrected chi connectivity index (χ2v) is 5.47. The minimum Gasteiger partial charge on any atom is -0.478 e. The zero-order valence-electron chi connectivity index (χ0n) is 11.6. The second-order valence-electron chi connectivity index (χ2n) is 4.69. The highest BCUT2D eigenvalue weighted by molar-refractivity contribution is 7.07. The minimum absolute atomic E-state index is 0.0838. The van der Waals surface area contributed by atoms with Crippen LogP contribution in [-0.2, 0) is 6.54 Å². The second kappa shape index (κ2) is 5.92. The van der Waals surface area contributed by atoms with E-state index in [-0.39, 0.29) is 11.3 Å². The molecule has 1 heterocycles. The van der Waals surface area contributed by atoms with Crippen LogP contribution in [0.5, 0.6) is 0 Å². The number of hydrogen-bond acceptors (Lipinski definition) is 5. The van der Waals surface area contributed by atoms with Gasteiger partial charge in [-0.2, -0.15) is 11.3 Å². The Morgan fingerprint density at radius 1 is 1.48 bits per heavy atom. The number of nitro groups is 1. The molecule has 0 atom stereocenters. The lowest BCUT2D eigenvalue weighted by Crippen LogP contribution is -2.18. The van der Waals surface area contributed by atoms with Gasteiger partial charge < -0.3 is 10.0 Å². The van der Waals surface area contributed by atoms with E-state index in [1.54, 1.807) is 25.3 Å². The lowest BCUT2D eigenvalue weighted by molar-refractivity contribution is -0.385. The number of nitrogens with zero attached hydrogens (tertiary/aromatic N) is 2. The number of carboxylic acids is 1. The monoisotopic (exact) mass is 306 g/mol. The maximum absolute atomic E-state index is 11.1. The Morgan fingerprint density at radius 3 is 2.71 bits per heavy atom. The largest absolute Gasteiger partial charge is 0.478 e. The van der Waals surface area contributed by atoms with Gasteiger partial charge in [0.25, 0.3) is 5.69 Å². The van der Waals surface area contributed by atoms with E-state index in [1.165, 1.54) is 6.07 Å². The topological polar surface area (TPSA) is 83.7 Å². The molecule has 0 saturated heterocycles. The zero-order chi connectivity index (χ0) is 15.6. The fraction of sp³-hybridized carbons (Fsp3) is 0.214. The first kappa shape index (κ1) is 15.0. The lowest BCUT2D eigenvalue weighted by atomic mass is 10.1. The Labute approximate surface area is 125 Å². The van der Waals surface area contributed by atoms with E-state index in [2.05, 4.69) is 0 Å². The Kier molecular flexibility index (Phi) is 4.23. The number of carbonyl (C=O) groups is 1. The van der Waals surface area contributed by atoms with Crippen LogP contribution in [-0.4, -0.2) is 23.0 Å². The van der Waals surface area contributed by atoms with Gasteiger partial charge in [-0.3, -0.25) is 10.1 Å². The van der Waals surface area contributed by atoms with Crippen molar-refractivity contribution in [3.63, 3.8) is 0 Å². The van der Waals surface area contributed by atoms with Crippen LogP contribution >= 0.6 is 11.3 Å². The molecule has 1 aromatic heterocycles. The predicted octanol–water partition coefficient (Wildman–Crippen LogP) is 3.30. The molecule has 21 heavy (non-hydrogen) atoms. The van der Waals surface area contributed by atoms with Crippen LogP contribution in [0.15, 0.2) is 29.0 Å². The van der Waals surface area contributed by atoms with Crippen LogP contribution in [0.2, 0.25) is 0 Å². The molecule has 0 unspecified atom stereocenters. The van der Waals surface area contributed by atoms with Crippen molar-refractivity contribution in [2.24, 2.45) is 0 Å². The number of aromatic carboxylic acids is 1. The van der Waals surface area contributed by atoms with Crippen LogP contribution in [0, 0.1) is 17.0 Å². The molecule has 0 aliphatic rings. The molecule has 7 heteroatoms. The average Bonchev–Trinajstić information content (AvgIpc) is 2.90. The molecule has 0 amide bonds. The summed E-state index contributed by atoms with van der Waals surface area (Å²) in [5.41, 5.74) is 1.82. The maximum atomic E-state index is 11.1. The van der Waals surface area contributed by atoms with Crippen molar-refractivity contribution < 1.29 is 14.8 Å². The van der Waals surface area contributed by atoms with Gasteiger partial charge in [0.1, 0.15) is 0 Å². The fourth-order valence-electron chi connectivity index (χ4n) is 2.14. The van der Waals surface area contributed by atoms with Gasteiger partial charge in [-0.05, 0) is 35.4 Å². The van der Waals surface area contributed by atoms with Crippen LogP contribution < -0.4 is 4.90 Å². The summed E-state index contributed by atoms with van der Waals surface area (Å²) in [6.45, 7) is 2.19. The molecule has 110 valence electrons. The van der Waals surface area contributed by atoms with E-state index in [0.717, 1.165) is 11.6 Å². The normalized spacial score (nSPS) is 10.4. The van der Waals surface area contributed by atoms with E-state index < -0.39 is 10.9 Å². The lowest BCUT2D eigenvalue weighted by Gasteiger charge is -2.21. The van der Waals surface area contributed by atoms with E-state index in [1.807, 2.05) is 21.7 Å². The smallest absolute Gasteiger partial charge is 0.336 e. The van der Waals surface area contributed by atoms with E-state index in [9.17, 15) is 14.9 Å². The van der Waals surface area contributed by atoms with Crippen molar-refractivity contribution in [1.29, 1.82) is 0 Å². The number of nitro benzene ring substituents is 1. The Hall–Kier alpha value is -2.41. The average molecular weight is 306 g/mol. The van der Waals surface area contributed by atoms with Crippen molar-refractivity contribution in [3.05, 3.63) is 55.8 Å². The Balaban J connectivity index is 2.45. The van der Waals surface area contributed by atoms with Crippen LogP contribution in [0.1, 0.15) is 21.5 Å². The molecule has 2 rings (SSSR count). The van der Waals surface area contributed by atoms with Crippen molar-refractivity contribution >= 4 is 28.7 Å². The summed E-state index contributed by atoms with van der Waals surface area (Å²) >= 11 is 1.57. The summed E-state index contributed by atoms with van der Waals surface area (Å²) in [5.74, 6) is -1.18. The molecule has 6 nitrogen and oxygen atoms in total. The SMILES string of the molecule is Cc1c(N(C)Cc2ccsc2)cc(C(=O)O)cc1[N+](=O)[O-]. The van der Waals surface area contributed by atoms with Crippen molar-refractivity contribution in [3.8, 4) is 0 Å². The van der Waals surface area contributed by atoms with Gasteiger partial charge in [-0.25, -0.2) is 4.79 Å². The highest BCUT2D eigenvalue weighted by Crippen LogP contribution is 2.31. The third-order valence-electron chi connectivity index (χ3n) is 3.21. The summed E-state index contributed by atoms with van der Waals surface area (Å²) in [6.07, 6.45) is 0. The van der Waals surface area contributed by atoms with Gasteiger partial charge >= 0.3 is 5.97 Å². The number of rotatable bonds is 5. The summed E-state index contributed by atoms with van der Waals surface area (Å²) in [6, 6.07) is 4.53. The molecule has 0 fully saturated rings. The van der Waals surface area contributed by atoms with Crippen molar-refractivity contribution in [2.45, 2.75) is 13.5 Å². The first-order chi connectivity index (χ1) is 9.90. The Bertz CT molecular complexity index is 683. The van der Waals surface area contributed by atoms with Crippen LogP contribution in [0.3, 0.4) is 0 Å². The Morgan fingerprint density at radius 2 is 2.19 bits per heavy atom. The molecule has 0 aliphatic carbocycles. The first-order valence-corrected chi connectivity index (χ1v) is 7.09. The number of hydrogen-bond donors (Lipinski definition) is 1. The van der Waals surface area contributed by atoms with Crippen molar-refractivity contribution in [1.82, 2.24) is 0 Å². The quantitative estimate of drug-likeness (QED) is 0.677. The maximum Gasteiger partial charge on any atom is 0.336 e. The number of anilines is 1. The summed E-state index contributed by atoms with van der Waals surface area (Å²) in [5, 5.41) is 24.1. The van der Waals surface area contributed by atoms with Crippen molar-refractivity contribution in [2.75, 3.05) is 11.9 Å². The molecule has 0 spiro atoms. The highest BCUT2D eigenvalue weighted by Gasteiger charge is 2.21. The predicted molar refractivity (Wildman–Crippen MR) is 81.2 cm³/mol. The molecule has 1 aromatic carbocycles. The number of thiophene rings is 1. The molecule has 0 radical (unpaired) electrons. The molecule has 0 bridgehead atoms. The van der Waals surface area contributed by atoms with Gasteiger partial charge in [0.05, 0.1) is 16.1 Å². The molecule has 0 saturated carbocycles. The van der Waals surface area contributed by atoms with E-state index in [0.29, 0.717) is 17.8 Å². The van der Waals surface area contributed by atoms with Gasteiger partial charge in [0.2, 0.25) is 0 Å². The minimum atomic E-state index is -1.18. The molecule has 0 aliphatic heterocycles. The molecule has 2 aromatic rings. The molecular formula is C14H14N2O4S. The third-order valence-corrected chi connectivity index (χ3v) is 3.94. The first-order valence-electron chi connectivity index (χ1n) is 6.14. The van der Waals surface area contributed by atoms with Gasteiger partial charge in [0, 0.05) is 25.3 Å². The van der Waals surface area contributed by atoms with Gasteiger partial charge in [-0.1, -0.05) is 0 Å². The highest BCUT2D eigenvalue weighted by atomic mass is 32.1. The zero-order valence-corrected chi connectivity index (χ0v) is 12.4. The van der Waals surface area contributed by atoms with E-state index >= 15 is 0 Å². The fourth-order valence-corrected chi connectivity index (χ4v) is 2.80. The third kappa shape index (κ3) is 3.19. The van der Waals surface area contributed by atoms with Crippen LogP contribution in [0.4, 0.5) is 11.4 Å². The number of benzene rings is 1. The molecular weight excluding hydrogens is 292 g/mol. The summed E-state index contributed by atoms with van der Waals surface area (Å²) < 4.78 is 0. The van der Waals surface area contributed by atoms with Gasteiger partial charge in [-0.15, -0.1) is 0 Å². The molecule has 1 N–H and O–H groups in total.